The van der Waals surface area contributed by atoms with E-state index in [4.69, 9.17) is 4.74 Å². The van der Waals surface area contributed by atoms with Gasteiger partial charge in [-0.1, -0.05) is 24.3 Å². The van der Waals surface area contributed by atoms with Gasteiger partial charge in [0.15, 0.2) is 0 Å². The lowest BCUT2D eigenvalue weighted by molar-refractivity contribution is -0.121. The fourth-order valence-corrected chi connectivity index (χ4v) is 3.12. The molecule has 0 saturated heterocycles. The summed E-state index contributed by atoms with van der Waals surface area (Å²) in [7, 11) is 1.61. The molecule has 0 aliphatic rings. The van der Waals surface area contributed by atoms with Crippen LogP contribution in [0.25, 0.3) is 0 Å². The van der Waals surface area contributed by atoms with E-state index in [9.17, 15) is 9.59 Å². The Morgan fingerprint density at radius 3 is 2.58 bits per heavy atom. The van der Waals surface area contributed by atoms with E-state index in [2.05, 4.69) is 26.6 Å². The molecule has 2 N–H and O–H groups in total. The second-order valence-corrected chi connectivity index (χ2v) is 6.86. The van der Waals surface area contributed by atoms with Crippen LogP contribution in [-0.2, 0) is 4.79 Å². The molecule has 2 rings (SSSR count). The number of halogens is 1. The summed E-state index contributed by atoms with van der Waals surface area (Å²) in [6.07, 6.45) is 0.222. The molecule has 0 fully saturated rings. The van der Waals surface area contributed by atoms with Crippen LogP contribution in [0.2, 0.25) is 0 Å². The van der Waals surface area contributed by atoms with Crippen molar-refractivity contribution in [2.75, 3.05) is 13.7 Å². The Labute approximate surface area is 162 Å². The molecular weight excluding hydrogens is 396 g/mol. The number of carbonyl (C=O) groups is 2. The van der Waals surface area contributed by atoms with Gasteiger partial charge in [0.25, 0.3) is 5.91 Å². The first-order valence-electron chi connectivity index (χ1n) is 8.39. The van der Waals surface area contributed by atoms with Gasteiger partial charge >= 0.3 is 0 Å². The number of aryl methyl sites for hydroxylation is 1. The number of nitrogens with one attached hydrogen (secondary N) is 2. The summed E-state index contributed by atoms with van der Waals surface area (Å²) < 4.78 is 6.04. The summed E-state index contributed by atoms with van der Waals surface area (Å²) in [6.45, 7) is 4.09. The van der Waals surface area contributed by atoms with Gasteiger partial charge in [0.2, 0.25) is 5.91 Å². The molecule has 2 amide bonds. The van der Waals surface area contributed by atoms with Crippen molar-refractivity contribution in [3.8, 4) is 5.75 Å². The monoisotopic (exact) mass is 418 g/mol. The number of hydrogen-bond acceptors (Lipinski definition) is 3. The first kappa shape index (κ1) is 20.0. The Morgan fingerprint density at radius 2 is 1.92 bits per heavy atom. The van der Waals surface area contributed by atoms with Gasteiger partial charge in [-0.3, -0.25) is 9.59 Å². The van der Waals surface area contributed by atoms with E-state index in [0.29, 0.717) is 5.56 Å². The Kier molecular flexibility index (Phi) is 7.21. The maximum atomic E-state index is 12.1. The largest absolute Gasteiger partial charge is 0.496 e. The fourth-order valence-electron chi connectivity index (χ4n) is 2.56. The van der Waals surface area contributed by atoms with Crippen LogP contribution >= 0.6 is 15.9 Å². The molecular formula is C20H23BrN2O3. The van der Waals surface area contributed by atoms with Gasteiger partial charge < -0.3 is 15.4 Å². The van der Waals surface area contributed by atoms with E-state index in [1.54, 1.807) is 13.2 Å². The SMILES string of the molecule is COc1ccc([C@@H](C)NC(=O)CCNC(=O)c2ccccc2C)cc1Br. The minimum absolute atomic E-state index is 0.116. The summed E-state index contributed by atoms with van der Waals surface area (Å²) in [5.74, 6) is 0.462. The highest BCUT2D eigenvalue weighted by Gasteiger charge is 2.13. The predicted octanol–water partition coefficient (Wildman–Crippen LogP) is 3.76. The molecule has 0 radical (unpaired) electrons. The van der Waals surface area contributed by atoms with Crippen molar-refractivity contribution < 1.29 is 14.3 Å². The van der Waals surface area contributed by atoms with Crippen molar-refractivity contribution in [3.05, 3.63) is 63.6 Å². The highest BCUT2D eigenvalue weighted by atomic mass is 79.9. The van der Waals surface area contributed by atoms with Crippen LogP contribution in [0.5, 0.6) is 5.75 Å². The summed E-state index contributed by atoms with van der Waals surface area (Å²) in [4.78, 5) is 24.2. The van der Waals surface area contributed by atoms with E-state index in [1.165, 1.54) is 0 Å². The normalized spacial score (nSPS) is 11.5. The van der Waals surface area contributed by atoms with Gasteiger partial charge in [-0.15, -0.1) is 0 Å². The third kappa shape index (κ3) is 5.33. The number of carbonyl (C=O) groups excluding carboxylic acids is 2. The Hall–Kier alpha value is -2.34. The van der Waals surface area contributed by atoms with Crippen molar-refractivity contribution in [2.24, 2.45) is 0 Å². The zero-order valence-electron chi connectivity index (χ0n) is 15.1. The number of rotatable bonds is 7. The average Bonchev–Trinajstić information content (AvgIpc) is 2.61. The Balaban J connectivity index is 1.82. The lowest BCUT2D eigenvalue weighted by Crippen LogP contribution is -2.32. The molecule has 0 bridgehead atoms. The lowest BCUT2D eigenvalue weighted by atomic mass is 10.1. The first-order valence-corrected chi connectivity index (χ1v) is 9.18. The van der Waals surface area contributed by atoms with Crippen LogP contribution in [-0.4, -0.2) is 25.5 Å². The highest BCUT2D eigenvalue weighted by molar-refractivity contribution is 9.10. The second kappa shape index (κ2) is 9.38. The van der Waals surface area contributed by atoms with Crippen molar-refractivity contribution in [2.45, 2.75) is 26.3 Å². The van der Waals surface area contributed by atoms with E-state index in [-0.39, 0.29) is 30.8 Å². The number of ether oxygens (including phenoxy) is 1. The van der Waals surface area contributed by atoms with Crippen molar-refractivity contribution in [1.82, 2.24) is 10.6 Å². The quantitative estimate of drug-likeness (QED) is 0.718. The molecule has 0 saturated carbocycles. The maximum Gasteiger partial charge on any atom is 0.251 e. The molecule has 0 heterocycles. The maximum absolute atomic E-state index is 12.1. The molecule has 2 aromatic rings. The van der Waals surface area contributed by atoms with Gasteiger partial charge in [0.1, 0.15) is 5.75 Å². The molecule has 0 spiro atoms. The van der Waals surface area contributed by atoms with Crippen LogP contribution in [0, 0.1) is 6.92 Å². The van der Waals surface area contributed by atoms with E-state index in [1.807, 2.05) is 50.2 Å². The van der Waals surface area contributed by atoms with Gasteiger partial charge in [0, 0.05) is 18.5 Å². The first-order chi connectivity index (χ1) is 12.4. The summed E-state index contributed by atoms with van der Waals surface area (Å²) in [6, 6.07) is 12.9. The number of benzene rings is 2. The second-order valence-electron chi connectivity index (χ2n) is 6.00. The highest BCUT2D eigenvalue weighted by Crippen LogP contribution is 2.27. The minimum Gasteiger partial charge on any atom is -0.496 e. The predicted molar refractivity (Wildman–Crippen MR) is 105 cm³/mol. The molecule has 0 aliphatic heterocycles. The minimum atomic E-state index is -0.164. The Morgan fingerprint density at radius 1 is 1.19 bits per heavy atom. The molecule has 138 valence electrons. The van der Waals surface area contributed by atoms with Crippen LogP contribution < -0.4 is 15.4 Å². The lowest BCUT2D eigenvalue weighted by Gasteiger charge is -2.16. The van der Waals surface area contributed by atoms with Crippen LogP contribution in [0.15, 0.2) is 46.9 Å². The average molecular weight is 419 g/mol. The standard InChI is InChI=1S/C20H23BrN2O3/c1-13-6-4-5-7-16(13)20(25)22-11-10-19(24)23-14(2)15-8-9-18(26-3)17(21)12-15/h4-9,12,14H,10-11H2,1-3H3,(H,22,25)(H,23,24)/t14-/m1/s1. The summed E-state index contributed by atoms with van der Waals surface area (Å²) in [5.41, 5.74) is 2.51. The number of amides is 2. The zero-order chi connectivity index (χ0) is 19.1. The van der Waals surface area contributed by atoms with E-state index < -0.39 is 0 Å². The van der Waals surface area contributed by atoms with Crippen molar-refractivity contribution in [1.29, 1.82) is 0 Å². The third-order valence-electron chi connectivity index (χ3n) is 4.08. The third-order valence-corrected chi connectivity index (χ3v) is 4.70. The summed E-state index contributed by atoms with van der Waals surface area (Å²) in [5, 5.41) is 5.72. The number of methoxy groups -OCH3 is 1. The van der Waals surface area contributed by atoms with Gasteiger partial charge in [0.05, 0.1) is 17.6 Å². The van der Waals surface area contributed by atoms with Crippen LogP contribution in [0.3, 0.4) is 0 Å². The Bertz CT molecular complexity index is 792. The molecule has 6 heteroatoms. The smallest absolute Gasteiger partial charge is 0.251 e. The van der Waals surface area contributed by atoms with Crippen LogP contribution in [0.4, 0.5) is 0 Å². The van der Waals surface area contributed by atoms with E-state index >= 15 is 0 Å². The van der Waals surface area contributed by atoms with Gasteiger partial charge in [-0.05, 0) is 59.1 Å². The van der Waals surface area contributed by atoms with Crippen LogP contribution in [0.1, 0.15) is 40.9 Å². The van der Waals surface area contributed by atoms with E-state index in [0.717, 1.165) is 21.3 Å². The summed E-state index contributed by atoms with van der Waals surface area (Å²) >= 11 is 3.44. The molecule has 0 unspecified atom stereocenters. The van der Waals surface area contributed by atoms with Gasteiger partial charge in [-0.2, -0.15) is 0 Å². The molecule has 2 aromatic carbocycles. The van der Waals surface area contributed by atoms with Gasteiger partial charge in [-0.25, -0.2) is 0 Å². The van der Waals surface area contributed by atoms with Crippen molar-refractivity contribution in [3.63, 3.8) is 0 Å². The molecule has 1 atom stereocenters. The zero-order valence-corrected chi connectivity index (χ0v) is 16.7. The molecule has 0 aliphatic carbocycles. The molecule has 0 aromatic heterocycles. The van der Waals surface area contributed by atoms with Crippen molar-refractivity contribution >= 4 is 27.7 Å². The topological polar surface area (TPSA) is 67.4 Å². The molecule has 26 heavy (non-hydrogen) atoms. The fraction of sp³-hybridized carbons (Fsp3) is 0.300. The number of hydrogen-bond donors (Lipinski definition) is 2. The molecule has 5 nitrogen and oxygen atoms in total.